The summed E-state index contributed by atoms with van der Waals surface area (Å²) in [6, 6.07) is 0.845. The van der Waals surface area contributed by atoms with Gasteiger partial charge < -0.3 is 16.2 Å². The van der Waals surface area contributed by atoms with Crippen LogP contribution in [0.3, 0.4) is 0 Å². The minimum absolute atomic E-state index is 0.263. The fourth-order valence-electron chi connectivity index (χ4n) is 2.16. The van der Waals surface area contributed by atoms with E-state index in [1.165, 1.54) is 38.5 Å². The highest BCUT2D eigenvalue weighted by atomic mass is 16.3. The third kappa shape index (κ3) is 9.57. The van der Waals surface area contributed by atoms with Crippen LogP contribution in [0.15, 0.2) is 0 Å². The van der Waals surface area contributed by atoms with Crippen molar-refractivity contribution in [3.05, 3.63) is 0 Å². The zero-order chi connectivity index (χ0) is 12.9. The molecule has 0 aliphatic heterocycles. The van der Waals surface area contributed by atoms with Gasteiger partial charge in [0.15, 0.2) is 0 Å². The van der Waals surface area contributed by atoms with Gasteiger partial charge in [-0.25, -0.2) is 0 Å². The molecule has 2 unspecified atom stereocenters. The highest BCUT2D eigenvalue weighted by molar-refractivity contribution is 4.74. The molecule has 3 heteroatoms. The van der Waals surface area contributed by atoms with Gasteiger partial charge in [-0.2, -0.15) is 0 Å². The minimum atomic E-state index is 0.263. The molecule has 0 radical (unpaired) electrons. The van der Waals surface area contributed by atoms with Crippen LogP contribution in [0.2, 0.25) is 0 Å². The molecule has 0 saturated carbocycles. The number of nitrogens with two attached hydrogens (primary N) is 1. The van der Waals surface area contributed by atoms with E-state index in [9.17, 15) is 0 Å². The summed E-state index contributed by atoms with van der Waals surface area (Å²) in [6.45, 7) is 5.36. The zero-order valence-electron chi connectivity index (χ0n) is 11.8. The molecule has 0 bridgehead atoms. The molecule has 0 saturated heterocycles. The maximum Gasteiger partial charge on any atom is 0.0445 e. The molecule has 0 aromatic rings. The van der Waals surface area contributed by atoms with Crippen molar-refractivity contribution >= 4 is 0 Å². The van der Waals surface area contributed by atoms with Gasteiger partial charge in [0.2, 0.25) is 0 Å². The fourth-order valence-corrected chi connectivity index (χ4v) is 2.16. The van der Waals surface area contributed by atoms with E-state index in [1.54, 1.807) is 0 Å². The topological polar surface area (TPSA) is 58.3 Å². The summed E-state index contributed by atoms with van der Waals surface area (Å²) in [5.74, 6) is 0. The Bertz CT molecular complexity index is 153. The lowest BCUT2D eigenvalue weighted by Gasteiger charge is -2.23. The van der Waals surface area contributed by atoms with Crippen LogP contribution in [-0.2, 0) is 0 Å². The molecule has 17 heavy (non-hydrogen) atoms. The largest absolute Gasteiger partial charge is 0.396 e. The van der Waals surface area contributed by atoms with E-state index in [0.29, 0.717) is 18.6 Å². The Labute approximate surface area is 107 Å². The quantitative estimate of drug-likeness (QED) is 0.462. The van der Waals surface area contributed by atoms with Crippen LogP contribution >= 0.6 is 0 Å². The van der Waals surface area contributed by atoms with Crippen molar-refractivity contribution in [1.82, 2.24) is 5.32 Å². The number of aliphatic hydroxyl groups is 1. The maximum atomic E-state index is 8.96. The monoisotopic (exact) mass is 244 g/mol. The molecule has 104 valence electrons. The number of hydrogen-bond donors (Lipinski definition) is 3. The summed E-state index contributed by atoms with van der Waals surface area (Å²) in [5, 5.41) is 12.5. The van der Waals surface area contributed by atoms with E-state index in [1.807, 2.05) is 0 Å². The Morgan fingerprint density at radius 1 is 1.00 bits per heavy atom. The van der Waals surface area contributed by atoms with Crippen molar-refractivity contribution in [1.29, 1.82) is 0 Å². The highest BCUT2D eigenvalue weighted by Crippen LogP contribution is 2.08. The second-order valence-electron chi connectivity index (χ2n) is 4.92. The first-order valence-electron chi connectivity index (χ1n) is 7.35. The van der Waals surface area contributed by atoms with Gasteiger partial charge in [-0.15, -0.1) is 0 Å². The normalized spacial score (nSPS) is 14.8. The van der Waals surface area contributed by atoms with Gasteiger partial charge in [-0.05, 0) is 19.3 Å². The Kier molecular flexibility index (Phi) is 12.3. The van der Waals surface area contributed by atoms with E-state index in [4.69, 9.17) is 10.8 Å². The maximum absolute atomic E-state index is 8.96. The van der Waals surface area contributed by atoms with Crippen molar-refractivity contribution < 1.29 is 5.11 Å². The van der Waals surface area contributed by atoms with Crippen molar-refractivity contribution in [3.63, 3.8) is 0 Å². The first-order valence-corrected chi connectivity index (χ1v) is 7.35. The molecule has 3 nitrogen and oxygen atoms in total. The second kappa shape index (κ2) is 12.3. The van der Waals surface area contributed by atoms with Crippen LogP contribution in [0.5, 0.6) is 0 Å². The Morgan fingerprint density at radius 3 is 2.24 bits per heavy atom. The molecule has 0 aliphatic rings. The standard InChI is InChI=1S/C14H32N2O/c1-3-5-6-7-8-9-14(12-15)16-13(4-2)10-11-17/h13-14,16-17H,3-12,15H2,1-2H3. The SMILES string of the molecule is CCCCCCCC(CN)NC(CC)CCO. The summed E-state index contributed by atoms with van der Waals surface area (Å²) >= 11 is 0. The minimum Gasteiger partial charge on any atom is -0.396 e. The molecule has 0 heterocycles. The van der Waals surface area contributed by atoms with Gasteiger partial charge in [-0.1, -0.05) is 46.0 Å². The van der Waals surface area contributed by atoms with Crippen LogP contribution in [0.1, 0.15) is 65.2 Å². The molecule has 0 aromatic carbocycles. The van der Waals surface area contributed by atoms with E-state index >= 15 is 0 Å². The summed E-state index contributed by atoms with van der Waals surface area (Å²) in [4.78, 5) is 0. The molecule has 0 spiro atoms. The Hall–Kier alpha value is -0.120. The number of hydrogen-bond acceptors (Lipinski definition) is 3. The predicted molar refractivity (Wildman–Crippen MR) is 75.1 cm³/mol. The van der Waals surface area contributed by atoms with Crippen LogP contribution < -0.4 is 11.1 Å². The lowest BCUT2D eigenvalue weighted by atomic mass is 10.0. The Balaban J connectivity index is 3.66. The molecule has 2 atom stereocenters. The average molecular weight is 244 g/mol. The van der Waals surface area contributed by atoms with Gasteiger partial charge in [0.05, 0.1) is 0 Å². The van der Waals surface area contributed by atoms with Crippen LogP contribution in [0.25, 0.3) is 0 Å². The van der Waals surface area contributed by atoms with E-state index in [-0.39, 0.29) is 6.61 Å². The molecule has 0 aliphatic carbocycles. The highest BCUT2D eigenvalue weighted by Gasteiger charge is 2.11. The van der Waals surface area contributed by atoms with E-state index in [2.05, 4.69) is 19.2 Å². The van der Waals surface area contributed by atoms with Crippen LogP contribution in [0, 0.1) is 0 Å². The second-order valence-corrected chi connectivity index (χ2v) is 4.92. The number of unbranched alkanes of at least 4 members (excludes halogenated alkanes) is 4. The third-order valence-corrected chi connectivity index (χ3v) is 3.38. The zero-order valence-corrected chi connectivity index (χ0v) is 11.8. The van der Waals surface area contributed by atoms with Crippen LogP contribution in [0.4, 0.5) is 0 Å². The van der Waals surface area contributed by atoms with Gasteiger partial charge in [0.1, 0.15) is 0 Å². The van der Waals surface area contributed by atoms with Gasteiger partial charge in [-0.3, -0.25) is 0 Å². The molecule has 0 amide bonds. The number of aliphatic hydroxyl groups excluding tert-OH is 1. The lowest BCUT2D eigenvalue weighted by molar-refractivity contribution is 0.253. The molecular weight excluding hydrogens is 212 g/mol. The lowest BCUT2D eigenvalue weighted by Crippen LogP contribution is -2.42. The summed E-state index contributed by atoms with van der Waals surface area (Å²) in [6.07, 6.45) is 9.66. The average Bonchev–Trinajstić information content (AvgIpc) is 2.36. The molecule has 0 rings (SSSR count). The number of rotatable bonds is 12. The van der Waals surface area contributed by atoms with E-state index in [0.717, 1.165) is 12.8 Å². The molecule has 4 N–H and O–H groups in total. The predicted octanol–water partition coefficient (Wildman–Crippen LogP) is 2.42. The Morgan fingerprint density at radius 2 is 1.71 bits per heavy atom. The smallest absolute Gasteiger partial charge is 0.0445 e. The summed E-state index contributed by atoms with van der Waals surface area (Å²) in [5.41, 5.74) is 5.79. The molecule has 0 fully saturated rings. The summed E-state index contributed by atoms with van der Waals surface area (Å²) in [7, 11) is 0. The van der Waals surface area contributed by atoms with Gasteiger partial charge in [0, 0.05) is 25.2 Å². The van der Waals surface area contributed by atoms with Crippen molar-refractivity contribution in [2.75, 3.05) is 13.2 Å². The van der Waals surface area contributed by atoms with Crippen molar-refractivity contribution in [3.8, 4) is 0 Å². The van der Waals surface area contributed by atoms with Gasteiger partial charge >= 0.3 is 0 Å². The molecular formula is C14H32N2O. The van der Waals surface area contributed by atoms with E-state index < -0.39 is 0 Å². The van der Waals surface area contributed by atoms with Crippen molar-refractivity contribution in [2.45, 2.75) is 77.3 Å². The fraction of sp³-hybridized carbons (Fsp3) is 1.00. The van der Waals surface area contributed by atoms with Gasteiger partial charge in [0.25, 0.3) is 0 Å². The van der Waals surface area contributed by atoms with Crippen LogP contribution in [-0.4, -0.2) is 30.3 Å². The summed E-state index contributed by atoms with van der Waals surface area (Å²) < 4.78 is 0. The first kappa shape index (κ1) is 16.9. The first-order chi connectivity index (χ1) is 8.28. The molecule has 0 aromatic heterocycles. The number of nitrogens with one attached hydrogen (secondary N) is 1. The van der Waals surface area contributed by atoms with Crippen molar-refractivity contribution in [2.24, 2.45) is 5.73 Å². The third-order valence-electron chi connectivity index (χ3n) is 3.38.